The highest BCUT2D eigenvalue weighted by molar-refractivity contribution is 7.98. The molecule has 0 atom stereocenters. The number of thioether (sulfide) groups is 1. The Morgan fingerprint density at radius 2 is 1.88 bits per heavy atom. The number of hydrogen-bond donors (Lipinski definition) is 0. The highest BCUT2D eigenvalue weighted by atomic mass is 32.2. The van der Waals surface area contributed by atoms with Crippen LogP contribution in [0, 0.1) is 0 Å². The first-order chi connectivity index (χ1) is 15.9. The van der Waals surface area contributed by atoms with Crippen molar-refractivity contribution in [3.05, 3.63) is 29.8 Å². The number of rotatable bonds is 8. The summed E-state index contributed by atoms with van der Waals surface area (Å²) in [5, 5.41) is 9.87. The average Bonchev–Trinajstić information content (AvgIpc) is 3.46. The van der Waals surface area contributed by atoms with Gasteiger partial charge in [0, 0.05) is 31.6 Å². The molecule has 33 heavy (non-hydrogen) atoms. The molecule has 10 heteroatoms. The summed E-state index contributed by atoms with van der Waals surface area (Å²) in [7, 11) is -3.48. The van der Waals surface area contributed by atoms with Gasteiger partial charge in [-0.05, 0) is 50.8 Å². The van der Waals surface area contributed by atoms with Crippen LogP contribution in [0.25, 0.3) is 11.0 Å². The zero-order chi connectivity index (χ0) is 23.2. The highest BCUT2D eigenvalue weighted by Gasteiger charge is 2.31. The summed E-state index contributed by atoms with van der Waals surface area (Å²) in [4.78, 5) is 5.19. The summed E-state index contributed by atoms with van der Waals surface area (Å²) in [5.74, 6) is 2.99. The predicted molar refractivity (Wildman–Crippen MR) is 130 cm³/mol. The predicted octanol–water partition coefficient (Wildman–Crippen LogP) is 4.57. The van der Waals surface area contributed by atoms with E-state index in [9.17, 15) is 8.42 Å². The number of imidazole rings is 1. The number of aromatic nitrogens is 5. The Kier molecular flexibility index (Phi) is 6.26. The lowest BCUT2D eigenvalue weighted by Gasteiger charge is -2.25. The zero-order valence-electron chi connectivity index (χ0n) is 19.6. The molecule has 0 amide bonds. The monoisotopic (exact) mass is 488 g/mol. The van der Waals surface area contributed by atoms with Gasteiger partial charge in [-0.1, -0.05) is 32.0 Å². The van der Waals surface area contributed by atoms with E-state index >= 15 is 0 Å². The van der Waals surface area contributed by atoms with Crippen LogP contribution < -0.4 is 0 Å². The van der Waals surface area contributed by atoms with Gasteiger partial charge in [0.2, 0.25) is 10.0 Å². The van der Waals surface area contributed by atoms with E-state index in [4.69, 9.17) is 4.98 Å². The van der Waals surface area contributed by atoms with Crippen LogP contribution in [0.4, 0.5) is 0 Å². The van der Waals surface area contributed by atoms with Crippen LogP contribution in [0.1, 0.15) is 76.5 Å². The first kappa shape index (κ1) is 22.9. The fourth-order valence-corrected chi connectivity index (χ4v) is 7.12. The fraction of sp³-hybridized carbons (Fsp3) is 0.609. The molecule has 2 aliphatic rings. The summed E-state index contributed by atoms with van der Waals surface area (Å²) in [6, 6.07) is 5.90. The lowest BCUT2D eigenvalue weighted by Crippen LogP contribution is -2.35. The van der Waals surface area contributed by atoms with Crippen molar-refractivity contribution in [2.45, 2.75) is 87.2 Å². The van der Waals surface area contributed by atoms with Crippen LogP contribution in [0.5, 0.6) is 0 Å². The number of benzene rings is 1. The summed E-state index contributed by atoms with van der Waals surface area (Å²) in [6.07, 6.45) is 5.33. The van der Waals surface area contributed by atoms with Gasteiger partial charge in [-0.2, -0.15) is 4.31 Å². The van der Waals surface area contributed by atoms with Crippen LogP contribution in [-0.2, 0) is 22.3 Å². The van der Waals surface area contributed by atoms with Crippen LogP contribution in [0.3, 0.4) is 0 Å². The van der Waals surface area contributed by atoms with E-state index < -0.39 is 10.0 Å². The Bertz CT molecular complexity index is 1250. The van der Waals surface area contributed by atoms with Crippen LogP contribution in [-0.4, -0.2) is 50.1 Å². The number of aryl methyl sites for hydroxylation is 1. The van der Waals surface area contributed by atoms with Gasteiger partial charge >= 0.3 is 0 Å². The van der Waals surface area contributed by atoms with Crippen LogP contribution in [0.15, 0.2) is 28.3 Å². The maximum atomic E-state index is 13.1. The van der Waals surface area contributed by atoms with Gasteiger partial charge in [-0.25, -0.2) is 13.4 Å². The lowest BCUT2D eigenvalue weighted by molar-refractivity contribution is 0.346. The molecule has 0 radical (unpaired) electrons. The lowest BCUT2D eigenvalue weighted by atomic mass is 10.2. The van der Waals surface area contributed by atoms with Crippen LogP contribution in [0.2, 0.25) is 0 Å². The van der Waals surface area contributed by atoms with E-state index in [2.05, 4.69) is 40.1 Å². The molecule has 1 aliphatic heterocycles. The molecule has 1 saturated heterocycles. The molecular formula is C23H32N6O2S2. The summed E-state index contributed by atoms with van der Waals surface area (Å²) in [6.45, 7) is 8.39. The Labute approximate surface area is 199 Å². The van der Waals surface area contributed by atoms with E-state index in [0.717, 1.165) is 53.6 Å². The number of hydrogen-bond acceptors (Lipinski definition) is 6. The molecule has 0 bridgehead atoms. The summed E-state index contributed by atoms with van der Waals surface area (Å²) < 4.78 is 32.4. The summed E-state index contributed by atoms with van der Waals surface area (Å²) in [5.41, 5.74) is 1.70. The minimum atomic E-state index is -3.48. The zero-order valence-corrected chi connectivity index (χ0v) is 21.2. The molecule has 5 rings (SSSR count). The molecule has 0 spiro atoms. The Hall–Kier alpha value is -1.91. The first-order valence-electron chi connectivity index (χ1n) is 12.0. The maximum absolute atomic E-state index is 13.1. The van der Waals surface area contributed by atoms with Crippen molar-refractivity contribution in [3.8, 4) is 0 Å². The fourth-order valence-electron chi connectivity index (χ4n) is 4.62. The molecule has 1 aromatic carbocycles. The maximum Gasteiger partial charge on any atom is 0.243 e. The third-order valence-corrected chi connectivity index (χ3v) is 9.35. The van der Waals surface area contributed by atoms with Crippen LogP contribution >= 0.6 is 11.8 Å². The molecular weight excluding hydrogens is 456 g/mol. The van der Waals surface area contributed by atoms with Crippen molar-refractivity contribution >= 4 is 32.8 Å². The van der Waals surface area contributed by atoms with Crippen molar-refractivity contribution in [1.82, 2.24) is 28.6 Å². The molecule has 1 aliphatic carbocycles. The molecule has 3 aromatic rings. The van der Waals surface area contributed by atoms with Gasteiger partial charge < -0.3 is 9.13 Å². The molecule has 3 heterocycles. The number of fused-ring (bicyclic) bond motifs is 1. The van der Waals surface area contributed by atoms with E-state index in [-0.39, 0.29) is 0 Å². The molecule has 8 nitrogen and oxygen atoms in total. The number of sulfonamides is 1. The van der Waals surface area contributed by atoms with Crippen molar-refractivity contribution in [2.24, 2.45) is 0 Å². The molecule has 2 fully saturated rings. The van der Waals surface area contributed by atoms with E-state index in [1.165, 1.54) is 12.8 Å². The van der Waals surface area contributed by atoms with Crippen molar-refractivity contribution < 1.29 is 8.42 Å². The smallest absolute Gasteiger partial charge is 0.243 e. The SMILES string of the molecule is CCn1c(CSc2nnc(C(C)C)n2C2CC2)nc2cc(S(=O)(=O)N3CCCCC3)ccc21. The third-order valence-electron chi connectivity index (χ3n) is 6.52. The first-order valence-corrected chi connectivity index (χ1v) is 14.4. The summed E-state index contributed by atoms with van der Waals surface area (Å²) >= 11 is 1.66. The molecule has 0 unspecified atom stereocenters. The third kappa shape index (κ3) is 4.33. The minimum absolute atomic E-state index is 0.340. The average molecular weight is 489 g/mol. The highest BCUT2D eigenvalue weighted by Crippen LogP contribution is 2.40. The topological polar surface area (TPSA) is 85.9 Å². The number of nitrogens with zero attached hydrogens (tertiary/aromatic N) is 6. The van der Waals surface area contributed by atoms with Gasteiger partial charge in [0.25, 0.3) is 0 Å². The standard InChI is InChI=1S/C23H32N6O2S2/c1-4-28-20-11-10-18(33(30,31)27-12-6-5-7-13-27)14-19(20)24-21(28)15-32-23-26-25-22(16(2)3)29(23)17-8-9-17/h10-11,14,16-17H,4-9,12-13,15H2,1-3H3. The molecule has 1 saturated carbocycles. The second kappa shape index (κ2) is 9.03. The quantitative estimate of drug-likeness (QED) is 0.432. The van der Waals surface area contributed by atoms with Crippen molar-refractivity contribution in [2.75, 3.05) is 13.1 Å². The normalized spacial score (nSPS) is 17.9. The molecule has 0 N–H and O–H groups in total. The van der Waals surface area contributed by atoms with E-state index in [1.807, 2.05) is 6.07 Å². The van der Waals surface area contributed by atoms with Gasteiger partial charge in [0.05, 0.1) is 21.7 Å². The van der Waals surface area contributed by atoms with Gasteiger partial charge in [-0.15, -0.1) is 10.2 Å². The minimum Gasteiger partial charge on any atom is -0.328 e. The van der Waals surface area contributed by atoms with E-state index in [0.29, 0.717) is 35.7 Å². The Morgan fingerprint density at radius 1 is 1.12 bits per heavy atom. The van der Waals surface area contributed by atoms with E-state index in [1.54, 1.807) is 28.2 Å². The second-order valence-corrected chi connectivity index (χ2v) is 12.2. The second-order valence-electron chi connectivity index (χ2n) is 9.27. The molecule has 178 valence electrons. The van der Waals surface area contributed by atoms with Gasteiger partial charge in [0.15, 0.2) is 5.16 Å². The van der Waals surface area contributed by atoms with Crippen molar-refractivity contribution in [3.63, 3.8) is 0 Å². The van der Waals surface area contributed by atoms with Gasteiger partial charge in [-0.3, -0.25) is 0 Å². The Morgan fingerprint density at radius 3 is 2.55 bits per heavy atom. The Balaban J connectivity index is 1.42. The van der Waals surface area contributed by atoms with Gasteiger partial charge in [0.1, 0.15) is 11.6 Å². The van der Waals surface area contributed by atoms with Crippen molar-refractivity contribution in [1.29, 1.82) is 0 Å². The molecule has 2 aromatic heterocycles. The number of piperidine rings is 1. The largest absolute Gasteiger partial charge is 0.328 e.